The third-order valence-electron chi connectivity index (χ3n) is 4.21. The summed E-state index contributed by atoms with van der Waals surface area (Å²) in [6.45, 7) is 0. The van der Waals surface area contributed by atoms with Crippen molar-refractivity contribution in [2.75, 3.05) is 10.6 Å². The molecule has 6 nitrogen and oxygen atoms in total. The van der Waals surface area contributed by atoms with Crippen molar-refractivity contribution in [2.24, 2.45) is 0 Å². The monoisotopic (exact) mass is 426 g/mol. The Bertz CT molecular complexity index is 1110. The number of nitrogens with zero attached hydrogens (tertiary/aromatic N) is 2. The van der Waals surface area contributed by atoms with E-state index in [4.69, 9.17) is 0 Å². The highest BCUT2D eigenvalue weighted by Gasteiger charge is 2.13. The largest absolute Gasteiger partial charge is 0.306 e. The second kappa shape index (κ2) is 9.69. The van der Waals surface area contributed by atoms with Gasteiger partial charge < -0.3 is 5.32 Å². The number of carbonyl (C=O) groups excluding carboxylic acids is 2. The zero-order chi connectivity index (χ0) is 21.5. The van der Waals surface area contributed by atoms with Gasteiger partial charge in [0, 0.05) is 22.1 Å². The van der Waals surface area contributed by atoms with E-state index in [1.807, 2.05) is 42.5 Å². The molecule has 0 unspecified atom stereocenters. The van der Waals surface area contributed by atoms with E-state index in [2.05, 4.69) is 20.6 Å². The van der Waals surface area contributed by atoms with E-state index in [0.717, 1.165) is 4.90 Å². The van der Waals surface area contributed by atoms with Crippen LogP contribution >= 0.6 is 11.8 Å². The molecule has 4 aromatic rings. The van der Waals surface area contributed by atoms with Crippen LogP contribution in [0.25, 0.3) is 0 Å². The Morgan fingerprint density at radius 3 is 1.74 bits per heavy atom. The molecular weight excluding hydrogens is 408 g/mol. The Morgan fingerprint density at radius 2 is 1.16 bits per heavy atom. The van der Waals surface area contributed by atoms with E-state index in [-0.39, 0.29) is 17.8 Å². The fourth-order valence-electron chi connectivity index (χ4n) is 2.75. The Morgan fingerprint density at radius 1 is 0.645 bits per heavy atom. The van der Waals surface area contributed by atoms with Crippen molar-refractivity contribution in [3.63, 3.8) is 0 Å². The quantitative estimate of drug-likeness (QED) is 0.418. The van der Waals surface area contributed by atoms with Crippen LogP contribution in [0.15, 0.2) is 107 Å². The van der Waals surface area contributed by atoms with Crippen LogP contribution in [-0.4, -0.2) is 21.8 Å². The molecule has 0 aliphatic carbocycles. The number of rotatable bonds is 6. The highest BCUT2D eigenvalue weighted by molar-refractivity contribution is 7.99. The predicted molar refractivity (Wildman–Crippen MR) is 121 cm³/mol. The molecule has 0 aliphatic heterocycles. The second-order valence-electron chi connectivity index (χ2n) is 6.47. The van der Waals surface area contributed by atoms with E-state index in [1.165, 1.54) is 11.8 Å². The normalized spacial score (nSPS) is 10.3. The number of benzene rings is 3. The van der Waals surface area contributed by atoms with Gasteiger partial charge in [-0.05, 0) is 36.4 Å². The lowest BCUT2D eigenvalue weighted by Crippen LogP contribution is -2.17. The fraction of sp³-hybridized carbons (Fsp3) is 0. The molecule has 2 N–H and O–H groups in total. The topological polar surface area (TPSA) is 84.0 Å². The fourth-order valence-corrected chi connectivity index (χ4v) is 3.59. The van der Waals surface area contributed by atoms with Gasteiger partial charge in [-0.2, -0.15) is 4.98 Å². The zero-order valence-corrected chi connectivity index (χ0v) is 17.2. The third kappa shape index (κ3) is 5.55. The number of hydrogen-bond acceptors (Lipinski definition) is 5. The number of carbonyl (C=O) groups is 2. The molecule has 0 spiro atoms. The van der Waals surface area contributed by atoms with Gasteiger partial charge in [-0.3, -0.25) is 14.9 Å². The highest BCUT2D eigenvalue weighted by atomic mass is 32.2. The molecule has 0 radical (unpaired) electrons. The van der Waals surface area contributed by atoms with E-state index >= 15 is 0 Å². The van der Waals surface area contributed by atoms with E-state index in [0.29, 0.717) is 22.0 Å². The van der Waals surface area contributed by atoms with Gasteiger partial charge in [0.1, 0.15) is 10.8 Å². The first-order chi connectivity index (χ1) is 15.2. The van der Waals surface area contributed by atoms with Crippen molar-refractivity contribution in [3.05, 3.63) is 108 Å². The number of hydrogen-bond donors (Lipinski definition) is 2. The summed E-state index contributed by atoms with van der Waals surface area (Å²) in [7, 11) is 0. The van der Waals surface area contributed by atoms with Crippen molar-refractivity contribution in [3.8, 4) is 0 Å². The first-order valence-corrected chi connectivity index (χ1v) is 10.3. The van der Waals surface area contributed by atoms with E-state index in [9.17, 15) is 9.59 Å². The maximum atomic E-state index is 12.6. The molecule has 7 heteroatoms. The minimum absolute atomic E-state index is 0.109. The molecule has 0 saturated heterocycles. The minimum atomic E-state index is -0.331. The van der Waals surface area contributed by atoms with Gasteiger partial charge in [-0.15, -0.1) is 0 Å². The number of amides is 2. The first kappa shape index (κ1) is 20.3. The molecule has 4 rings (SSSR count). The molecule has 1 heterocycles. The van der Waals surface area contributed by atoms with Crippen LogP contribution in [0.1, 0.15) is 20.7 Å². The molecular formula is C24H18N4O2S. The van der Waals surface area contributed by atoms with Crippen LogP contribution in [0.2, 0.25) is 0 Å². The van der Waals surface area contributed by atoms with Gasteiger partial charge in [0.25, 0.3) is 11.8 Å². The summed E-state index contributed by atoms with van der Waals surface area (Å²) in [5, 5.41) is 6.09. The molecule has 0 atom stereocenters. The van der Waals surface area contributed by atoms with Gasteiger partial charge in [0.15, 0.2) is 0 Å². The Hall–Kier alpha value is -3.97. The van der Waals surface area contributed by atoms with E-state index < -0.39 is 0 Å². The van der Waals surface area contributed by atoms with Crippen molar-refractivity contribution >= 4 is 35.3 Å². The van der Waals surface area contributed by atoms with E-state index in [1.54, 1.807) is 54.6 Å². The van der Waals surface area contributed by atoms with Gasteiger partial charge in [0.2, 0.25) is 5.95 Å². The van der Waals surface area contributed by atoms with Crippen LogP contribution < -0.4 is 10.6 Å². The zero-order valence-electron chi connectivity index (χ0n) is 16.4. The van der Waals surface area contributed by atoms with Crippen molar-refractivity contribution < 1.29 is 9.59 Å². The number of aromatic nitrogens is 2. The molecule has 0 aliphatic rings. The van der Waals surface area contributed by atoms with Crippen molar-refractivity contribution in [1.29, 1.82) is 0 Å². The smallest absolute Gasteiger partial charge is 0.258 e. The maximum absolute atomic E-state index is 12.6. The average molecular weight is 427 g/mol. The van der Waals surface area contributed by atoms with Gasteiger partial charge in [0.05, 0.1) is 0 Å². The second-order valence-corrected chi connectivity index (χ2v) is 7.56. The summed E-state index contributed by atoms with van der Waals surface area (Å²) < 4.78 is 0. The molecule has 2 amide bonds. The van der Waals surface area contributed by atoms with Crippen molar-refractivity contribution in [1.82, 2.24) is 9.97 Å². The van der Waals surface area contributed by atoms with Crippen molar-refractivity contribution in [2.45, 2.75) is 9.92 Å². The van der Waals surface area contributed by atoms with Crippen LogP contribution in [0, 0.1) is 0 Å². The molecule has 31 heavy (non-hydrogen) atoms. The Labute approximate surface area is 183 Å². The van der Waals surface area contributed by atoms with Gasteiger partial charge >= 0.3 is 0 Å². The van der Waals surface area contributed by atoms with Crippen LogP contribution in [0.5, 0.6) is 0 Å². The standard InChI is InChI=1S/C24H18N4O2S/c29-22(17-10-4-1-5-11-17)25-20-16-21(31-19-14-8-3-9-15-19)27-24(26-20)28-23(30)18-12-6-2-7-13-18/h1-16H,(H2,25,26,27,28,29,30). The molecule has 152 valence electrons. The Kier molecular flexibility index (Phi) is 6.35. The number of anilines is 2. The van der Waals surface area contributed by atoms with Crippen LogP contribution in [-0.2, 0) is 0 Å². The van der Waals surface area contributed by atoms with Gasteiger partial charge in [-0.1, -0.05) is 66.4 Å². The summed E-state index contributed by atoms with van der Waals surface area (Å²) in [5.41, 5.74) is 0.996. The average Bonchev–Trinajstić information content (AvgIpc) is 2.81. The lowest BCUT2D eigenvalue weighted by molar-refractivity contribution is 0.101. The van der Waals surface area contributed by atoms with Crippen LogP contribution in [0.3, 0.4) is 0 Å². The lowest BCUT2D eigenvalue weighted by Gasteiger charge is -2.10. The molecule has 3 aromatic carbocycles. The summed E-state index contributed by atoms with van der Waals surface area (Å²) in [4.78, 5) is 34.9. The maximum Gasteiger partial charge on any atom is 0.258 e. The lowest BCUT2D eigenvalue weighted by atomic mass is 10.2. The first-order valence-electron chi connectivity index (χ1n) is 9.52. The molecule has 0 saturated carbocycles. The predicted octanol–water partition coefficient (Wildman–Crippen LogP) is 5.13. The summed E-state index contributed by atoms with van der Waals surface area (Å²) in [6.07, 6.45) is 0. The SMILES string of the molecule is O=C(Nc1cc(Sc2ccccc2)nc(NC(=O)c2ccccc2)n1)c1ccccc1. The number of nitrogens with one attached hydrogen (secondary N) is 2. The summed E-state index contributed by atoms with van der Waals surface area (Å²) in [5.74, 6) is -0.220. The third-order valence-corrected chi connectivity index (χ3v) is 5.13. The van der Waals surface area contributed by atoms with Gasteiger partial charge in [-0.25, -0.2) is 4.98 Å². The molecule has 0 bridgehead atoms. The molecule has 1 aromatic heterocycles. The highest BCUT2D eigenvalue weighted by Crippen LogP contribution is 2.28. The Balaban J connectivity index is 1.61. The minimum Gasteiger partial charge on any atom is -0.306 e. The summed E-state index contributed by atoms with van der Waals surface area (Å²) in [6, 6.07) is 29.0. The van der Waals surface area contributed by atoms with Crippen LogP contribution in [0.4, 0.5) is 11.8 Å². The molecule has 0 fully saturated rings. The summed E-state index contributed by atoms with van der Waals surface area (Å²) >= 11 is 1.41.